The van der Waals surface area contributed by atoms with Gasteiger partial charge in [0.25, 0.3) is 0 Å². The molecule has 0 bridgehead atoms. The second kappa shape index (κ2) is 10.3. The third kappa shape index (κ3) is 7.50. The maximum absolute atomic E-state index is 13.6. The summed E-state index contributed by atoms with van der Waals surface area (Å²) < 4.78 is 114. The number of nitrogens with one attached hydrogen (secondary N) is 1. The number of ether oxygens (including phenoxy) is 2. The summed E-state index contributed by atoms with van der Waals surface area (Å²) in [5.41, 5.74) is 1.58. The Kier molecular flexibility index (Phi) is 7.95. The van der Waals surface area contributed by atoms with Gasteiger partial charge in [0, 0.05) is 6.07 Å². The van der Waals surface area contributed by atoms with Crippen LogP contribution in [0.5, 0.6) is 11.5 Å². The predicted octanol–water partition coefficient (Wildman–Crippen LogP) is 5.83. The molecule has 1 fully saturated rings. The standard InChI is InChI=1S/C23H25F6NO4S/c1-14-9-17(11-16-5-3-6-16)10-15(2)21(14)35(31,32)30-20(22(24,25)26)13-33-18-7-4-8-19(12-18)34-23(27,28)29/h4,7-10,12,16,20,30H,3,5-6,11,13H2,1-2H3. The summed E-state index contributed by atoms with van der Waals surface area (Å²) in [7, 11) is -4.60. The summed E-state index contributed by atoms with van der Waals surface area (Å²) in [5.74, 6) is -0.513. The number of aryl methyl sites for hydroxylation is 2. The molecule has 0 heterocycles. The molecule has 35 heavy (non-hydrogen) atoms. The molecule has 1 aliphatic carbocycles. The number of benzene rings is 2. The van der Waals surface area contributed by atoms with Crippen LogP contribution in [0.1, 0.15) is 36.0 Å². The van der Waals surface area contributed by atoms with E-state index in [2.05, 4.69) is 4.74 Å². The molecule has 0 aliphatic heterocycles. The van der Waals surface area contributed by atoms with Crippen LogP contribution in [0.2, 0.25) is 0 Å². The highest BCUT2D eigenvalue weighted by atomic mass is 32.2. The zero-order valence-electron chi connectivity index (χ0n) is 19.0. The monoisotopic (exact) mass is 525 g/mol. The minimum absolute atomic E-state index is 0.246. The zero-order chi connectivity index (χ0) is 26.0. The van der Waals surface area contributed by atoms with Crippen molar-refractivity contribution in [3.05, 3.63) is 53.1 Å². The topological polar surface area (TPSA) is 64.6 Å². The summed E-state index contributed by atoms with van der Waals surface area (Å²) in [4.78, 5) is -0.246. The van der Waals surface area contributed by atoms with E-state index in [9.17, 15) is 34.8 Å². The van der Waals surface area contributed by atoms with Gasteiger partial charge < -0.3 is 9.47 Å². The number of alkyl halides is 6. The molecule has 2 aromatic carbocycles. The van der Waals surface area contributed by atoms with Crippen LogP contribution in [-0.4, -0.2) is 33.6 Å². The molecule has 1 atom stereocenters. The van der Waals surface area contributed by atoms with Crippen molar-refractivity contribution < 1.29 is 44.2 Å². The largest absolute Gasteiger partial charge is 0.573 e. The first-order valence-corrected chi connectivity index (χ1v) is 12.3. The van der Waals surface area contributed by atoms with E-state index >= 15 is 0 Å². The van der Waals surface area contributed by atoms with Crippen molar-refractivity contribution in [3.8, 4) is 11.5 Å². The summed E-state index contributed by atoms with van der Waals surface area (Å²) in [6.45, 7) is 1.85. The molecular formula is C23H25F6NO4S. The van der Waals surface area contributed by atoms with Gasteiger partial charge in [0.15, 0.2) is 6.04 Å². The molecule has 3 rings (SSSR count). The number of hydrogen-bond acceptors (Lipinski definition) is 4. The van der Waals surface area contributed by atoms with Crippen LogP contribution < -0.4 is 14.2 Å². The van der Waals surface area contributed by atoms with Gasteiger partial charge in [-0.2, -0.15) is 17.9 Å². The second-order valence-corrected chi connectivity index (χ2v) is 10.3. The maximum Gasteiger partial charge on any atom is 0.573 e. The lowest BCUT2D eigenvalue weighted by atomic mass is 9.80. The summed E-state index contributed by atoms with van der Waals surface area (Å²) in [5, 5.41) is 0. The van der Waals surface area contributed by atoms with Crippen molar-refractivity contribution in [2.75, 3.05) is 6.61 Å². The first kappa shape index (κ1) is 27.1. The van der Waals surface area contributed by atoms with Crippen LogP contribution in [-0.2, 0) is 16.4 Å². The first-order valence-electron chi connectivity index (χ1n) is 10.8. The molecule has 0 aromatic heterocycles. The Morgan fingerprint density at radius 2 is 1.60 bits per heavy atom. The highest BCUT2D eigenvalue weighted by molar-refractivity contribution is 7.89. The summed E-state index contributed by atoms with van der Waals surface area (Å²) in [6, 6.07) is 4.63. The van der Waals surface area contributed by atoms with Crippen LogP contribution in [0.3, 0.4) is 0 Å². The van der Waals surface area contributed by atoms with Gasteiger partial charge >= 0.3 is 12.5 Å². The lowest BCUT2D eigenvalue weighted by Crippen LogP contribution is -2.49. The van der Waals surface area contributed by atoms with E-state index in [4.69, 9.17) is 4.74 Å². The van der Waals surface area contributed by atoms with Gasteiger partial charge in [-0.25, -0.2) is 8.42 Å². The molecule has 1 aliphatic rings. The van der Waals surface area contributed by atoms with Crippen molar-refractivity contribution in [3.63, 3.8) is 0 Å². The van der Waals surface area contributed by atoms with E-state index in [0.717, 1.165) is 55.5 Å². The third-order valence-corrected chi connectivity index (χ3v) is 7.46. The Morgan fingerprint density at radius 1 is 1.00 bits per heavy atom. The molecule has 0 spiro atoms. The fourth-order valence-corrected chi connectivity index (χ4v) is 5.65. The lowest BCUT2D eigenvalue weighted by Gasteiger charge is -2.26. The molecular weight excluding hydrogens is 500 g/mol. The molecule has 5 nitrogen and oxygen atoms in total. The van der Waals surface area contributed by atoms with Crippen molar-refractivity contribution in [2.45, 2.75) is 63.0 Å². The molecule has 1 unspecified atom stereocenters. The Balaban J connectivity index is 1.76. The zero-order valence-corrected chi connectivity index (χ0v) is 19.8. The fourth-order valence-electron chi connectivity index (χ4n) is 3.99. The van der Waals surface area contributed by atoms with Crippen molar-refractivity contribution >= 4 is 10.0 Å². The SMILES string of the molecule is Cc1cc(CC2CCC2)cc(C)c1S(=O)(=O)NC(COc1cccc(OC(F)(F)F)c1)C(F)(F)F. The first-order chi connectivity index (χ1) is 16.1. The van der Waals surface area contributed by atoms with Gasteiger partial charge in [0.2, 0.25) is 10.0 Å². The van der Waals surface area contributed by atoms with Crippen molar-refractivity contribution in [2.24, 2.45) is 5.92 Å². The van der Waals surface area contributed by atoms with Crippen molar-refractivity contribution in [1.82, 2.24) is 4.72 Å². The predicted molar refractivity (Wildman–Crippen MR) is 116 cm³/mol. The molecule has 0 radical (unpaired) electrons. The van der Waals surface area contributed by atoms with E-state index in [0.29, 0.717) is 17.0 Å². The van der Waals surface area contributed by atoms with Crippen LogP contribution in [0, 0.1) is 19.8 Å². The highest BCUT2D eigenvalue weighted by Crippen LogP contribution is 2.32. The Morgan fingerprint density at radius 3 is 2.11 bits per heavy atom. The lowest BCUT2D eigenvalue weighted by molar-refractivity contribution is -0.274. The van der Waals surface area contributed by atoms with Crippen LogP contribution in [0.25, 0.3) is 0 Å². The number of halogens is 6. The van der Waals surface area contributed by atoms with Gasteiger partial charge in [0.05, 0.1) is 4.90 Å². The molecule has 0 amide bonds. The Bertz CT molecular complexity index is 1120. The van der Waals surface area contributed by atoms with E-state index < -0.39 is 41.0 Å². The number of hydrogen-bond donors (Lipinski definition) is 1. The molecule has 0 saturated heterocycles. The summed E-state index contributed by atoms with van der Waals surface area (Å²) in [6.07, 6.45) is -5.90. The quantitative estimate of drug-likeness (QED) is 0.419. The van der Waals surface area contributed by atoms with Crippen molar-refractivity contribution in [1.29, 1.82) is 0 Å². The van der Waals surface area contributed by atoms with E-state index in [1.807, 2.05) is 0 Å². The second-order valence-electron chi connectivity index (χ2n) is 8.61. The minimum atomic E-state index is -5.03. The third-order valence-electron chi connectivity index (χ3n) is 5.69. The average molecular weight is 526 g/mol. The maximum atomic E-state index is 13.6. The fraction of sp³-hybridized carbons (Fsp3) is 0.478. The van der Waals surface area contributed by atoms with E-state index in [1.165, 1.54) is 13.8 Å². The normalized spacial score (nSPS) is 16.0. The Hall–Kier alpha value is -2.47. The van der Waals surface area contributed by atoms with Crippen LogP contribution in [0.4, 0.5) is 26.3 Å². The van der Waals surface area contributed by atoms with Crippen LogP contribution in [0.15, 0.2) is 41.3 Å². The Labute approximate surface area is 199 Å². The number of sulfonamides is 1. The molecule has 12 heteroatoms. The minimum Gasteiger partial charge on any atom is -0.491 e. The van der Waals surface area contributed by atoms with Gasteiger partial charge in [-0.3, -0.25) is 0 Å². The van der Waals surface area contributed by atoms with E-state index in [1.54, 1.807) is 16.9 Å². The summed E-state index contributed by atoms with van der Waals surface area (Å²) >= 11 is 0. The van der Waals surface area contributed by atoms with Crippen LogP contribution >= 0.6 is 0 Å². The molecule has 1 saturated carbocycles. The van der Waals surface area contributed by atoms with Gasteiger partial charge in [-0.15, -0.1) is 13.2 Å². The van der Waals surface area contributed by atoms with Gasteiger partial charge in [0.1, 0.15) is 18.1 Å². The number of rotatable bonds is 9. The molecule has 194 valence electrons. The molecule has 1 N–H and O–H groups in total. The smallest absolute Gasteiger partial charge is 0.491 e. The van der Waals surface area contributed by atoms with Gasteiger partial charge in [-0.1, -0.05) is 37.5 Å². The van der Waals surface area contributed by atoms with E-state index in [-0.39, 0.29) is 10.6 Å². The highest BCUT2D eigenvalue weighted by Gasteiger charge is 2.43. The van der Waals surface area contributed by atoms with Gasteiger partial charge in [-0.05, 0) is 55.0 Å². The average Bonchev–Trinajstić information content (AvgIpc) is 2.65. The molecule has 2 aromatic rings.